The fourth-order valence-electron chi connectivity index (χ4n) is 2.07. The van der Waals surface area contributed by atoms with Gasteiger partial charge in [0.15, 0.2) is 0 Å². The van der Waals surface area contributed by atoms with Crippen LogP contribution in [-0.2, 0) is 0 Å². The van der Waals surface area contributed by atoms with E-state index < -0.39 is 0 Å². The third-order valence-corrected chi connectivity index (χ3v) is 3.10. The molecule has 0 spiro atoms. The fraction of sp³-hybridized carbons (Fsp3) is 0.625. The first-order valence-corrected chi connectivity index (χ1v) is 7.34. The Morgan fingerprint density at radius 2 is 1.89 bits per heavy atom. The maximum absolute atomic E-state index is 6.01. The van der Waals surface area contributed by atoms with Crippen molar-refractivity contribution >= 4 is 0 Å². The van der Waals surface area contributed by atoms with Crippen molar-refractivity contribution in [2.24, 2.45) is 0 Å². The van der Waals surface area contributed by atoms with Crippen molar-refractivity contribution in [3.05, 3.63) is 24.3 Å². The van der Waals surface area contributed by atoms with Gasteiger partial charge in [-0.15, -0.1) is 0 Å². The molecule has 2 atom stereocenters. The zero-order valence-corrected chi connectivity index (χ0v) is 12.6. The summed E-state index contributed by atoms with van der Waals surface area (Å²) in [5.74, 6) is 1.73. The summed E-state index contributed by atoms with van der Waals surface area (Å²) in [5, 5.41) is 3.52. The molecule has 0 radical (unpaired) electrons. The van der Waals surface area contributed by atoms with Gasteiger partial charge in [0.1, 0.15) is 17.6 Å². The monoisotopic (exact) mass is 265 g/mol. The Morgan fingerprint density at radius 3 is 2.53 bits per heavy atom. The highest BCUT2D eigenvalue weighted by Crippen LogP contribution is 2.21. The van der Waals surface area contributed by atoms with Gasteiger partial charge in [-0.25, -0.2) is 0 Å². The lowest BCUT2D eigenvalue weighted by Crippen LogP contribution is -2.41. The van der Waals surface area contributed by atoms with E-state index in [1.165, 1.54) is 0 Å². The standard InChI is InChI=1S/C16H27NO2/c1-5-11-17-16(6-2)13(4)19-15-10-8-9-14(12-15)18-7-3/h8-10,12-13,16-17H,5-7,11H2,1-4H3. The summed E-state index contributed by atoms with van der Waals surface area (Å²) in [6, 6.07) is 8.23. The fourth-order valence-corrected chi connectivity index (χ4v) is 2.07. The zero-order chi connectivity index (χ0) is 14.1. The summed E-state index contributed by atoms with van der Waals surface area (Å²) in [6.45, 7) is 10.2. The van der Waals surface area contributed by atoms with Crippen LogP contribution >= 0.6 is 0 Å². The maximum atomic E-state index is 6.01. The van der Waals surface area contributed by atoms with Gasteiger partial charge in [-0.1, -0.05) is 19.9 Å². The molecule has 3 nitrogen and oxygen atoms in total. The molecule has 0 heterocycles. The summed E-state index contributed by atoms with van der Waals surface area (Å²) in [7, 11) is 0. The van der Waals surface area contributed by atoms with Crippen LogP contribution < -0.4 is 14.8 Å². The molecule has 3 heteroatoms. The molecule has 0 fully saturated rings. The molecule has 0 aliphatic heterocycles. The molecular weight excluding hydrogens is 238 g/mol. The molecule has 1 aromatic carbocycles. The molecule has 19 heavy (non-hydrogen) atoms. The highest BCUT2D eigenvalue weighted by molar-refractivity contribution is 5.33. The Morgan fingerprint density at radius 1 is 1.16 bits per heavy atom. The van der Waals surface area contributed by atoms with Crippen LogP contribution in [0.2, 0.25) is 0 Å². The van der Waals surface area contributed by atoms with E-state index in [9.17, 15) is 0 Å². The van der Waals surface area contributed by atoms with Gasteiger partial charge in [0.2, 0.25) is 0 Å². The second-order valence-electron chi connectivity index (χ2n) is 4.70. The molecule has 0 saturated carbocycles. The Balaban J connectivity index is 2.58. The predicted octanol–water partition coefficient (Wildman–Crippen LogP) is 3.63. The lowest BCUT2D eigenvalue weighted by molar-refractivity contribution is 0.166. The number of benzene rings is 1. The summed E-state index contributed by atoms with van der Waals surface area (Å²) >= 11 is 0. The molecular formula is C16H27NO2. The number of hydrogen-bond acceptors (Lipinski definition) is 3. The topological polar surface area (TPSA) is 30.5 Å². The van der Waals surface area contributed by atoms with Crippen LogP contribution in [-0.4, -0.2) is 25.3 Å². The van der Waals surface area contributed by atoms with Crippen molar-refractivity contribution in [1.29, 1.82) is 0 Å². The summed E-state index contributed by atoms with van der Waals surface area (Å²) < 4.78 is 11.5. The van der Waals surface area contributed by atoms with E-state index in [0.29, 0.717) is 12.6 Å². The minimum Gasteiger partial charge on any atom is -0.494 e. The van der Waals surface area contributed by atoms with Gasteiger partial charge in [0.25, 0.3) is 0 Å². The highest BCUT2D eigenvalue weighted by Gasteiger charge is 2.16. The van der Waals surface area contributed by atoms with E-state index in [-0.39, 0.29) is 6.10 Å². The second-order valence-corrected chi connectivity index (χ2v) is 4.70. The van der Waals surface area contributed by atoms with Gasteiger partial charge in [-0.2, -0.15) is 0 Å². The van der Waals surface area contributed by atoms with Crippen molar-refractivity contribution in [2.75, 3.05) is 13.2 Å². The van der Waals surface area contributed by atoms with E-state index in [0.717, 1.165) is 30.9 Å². The van der Waals surface area contributed by atoms with E-state index in [4.69, 9.17) is 9.47 Å². The highest BCUT2D eigenvalue weighted by atomic mass is 16.5. The second kappa shape index (κ2) is 8.81. The van der Waals surface area contributed by atoms with E-state index in [1.807, 2.05) is 31.2 Å². The normalized spacial score (nSPS) is 13.9. The van der Waals surface area contributed by atoms with Gasteiger partial charge in [0, 0.05) is 12.1 Å². The van der Waals surface area contributed by atoms with Gasteiger partial charge in [0.05, 0.1) is 6.61 Å². The minimum absolute atomic E-state index is 0.147. The molecule has 0 saturated heterocycles. The quantitative estimate of drug-likeness (QED) is 0.739. The van der Waals surface area contributed by atoms with E-state index in [2.05, 4.69) is 26.1 Å². The summed E-state index contributed by atoms with van der Waals surface area (Å²) in [6.07, 6.45) is 2.35. The van der Waals surface area contributed by atoms with Gasteiger partial charge < -0.3 is 14.8 Å². The van der Waals surface area contributed by atoms with Crippen LogP contribution in [0.5, 0.6) is 11.5 Å². The zero-order valence-electron chi connectivity index (χ0n) is 12.6. The van der Waals surface area contributed by atoms with Gasteiger partial charge >= 0.3 is 0 Å². The average molecular weight is 265 g/mol. The minimum atomic E-state index is 0.147. The van der Waals surface area contributed by atoms with Crippen LogP contribution in [0.3, 0.4) is 0 Å². The lowest BCUT2D eigenvalue weighted by Gasteiger charge is -2.25. The number of rotatable bonds is 9. The number of nitrogens with one attached hydrogen (secondary N) is 1. The van der Waals surface area contributed by atoms with Crippen LogP contribution in [0.4, 0.5) is 0 Å². The van der Waals surface area contributed by atoms with E-state index >= 15 is 0 Å². The number of ether oxygens (including phenoxy) is 2. The van der Waals surface area contributed by atoms with Crippen molar-refractivity contribution in [1.82, 2.24) is 5.32 Å². The Kier molecular flexibility index (Phi) is 7.34. The van der Waals surface area contributed by atoms with Crippen LogP contribution in [0, 0.1) is 0 Å². The lowest BCUT2D eigenvalue weighted by atomic mass is 10.1. The first kappa shape index (κ1) is 15.8. The van der Waals surface area contributed by atoms with Crippen molar-refractivity contribution < 1.29 is 9.47 Å². The first-order valence-electron chi connectivity index (χ1n) is 7.34. The molecule has 0 aromatic heterocycles. The van der Waals surface area contributed by atoms with Crippen molar-refractivity contribution in [2.45, 2.75) is 52.7 Å². The number of hydrogen-bond donors (Lipinski definition) is 1. The molecule has 108 valence electrons. The molecule has 0 bridgehead atoms. The first-order chi connectivity index (χ1) is 9.21. The predicted molar refractivity (Wildman–Crippen MR) is 80.1 cm³/mol. The third kappa shape index (κ3) is 5.52. The van der Waals surface area contributed by atoms with Crippen LogP contribution in [0.25, 0.3) is 0 Å². The molecule has 2 unspecified atom stereocenters. The summed E-state index contributed by atoms with van der Waals surface area (Å²) in [4.78, 5) is 0. The molecule has 1 N–H and O–H groups in total. The van der Waals surface area contributed by atoms with E-state index in [1.54, 1.807) is 0 Å². The van der Waals surface area contributed by atoms with Gasteiger partial charge in [-0.05, 0) is 45.4 Å². The molecule has 0 aliphatic rings. The van der Waals surface area contributed by atoms with Crippen molar-refractivity contribution in [3.8, 4) is 11.5 Å². The summed E-state index contributed by atoms with van der Waals surface area (Å²) in [5.41, 5.74) is 0. The smallest absolute Gasteiger partial charge is 0.123 e. The molecule has 1 rings (SSSR count). The van der Waals surface area contributed by atoms with Crippen molar-refractivity contribution in [3.63, 3.8) is 0 Å². The Hall–Kier alpha value is -1.22. The molecule has 1 aromatic rings. The van der Waals surface area contributed by atoms with Crippen LogP contribution in [0.15, 0.2) is 24.3 Å². The Labute approximate surface area is 117 Å². The molecule has 0 amide bonds. The maximum Gasteiger partial charge on any atom is 0.123 e. The largest absolute Gasteiger partial charge is 0.494 e. The van der Waals surface area contributed by atoms with Gasteiger partial charge in [-0.3, -0.25) is 0 Å². The average Bonchev–Trinajstić information content (AvgIpc) is 2.40. The molecule has 0 aliphatic carbocycles. The Bertz CT molecular complexity index is 354. The van der Waals surface area contributed by atoms with Crippen LogP contribution in [0.1, 0.15) is 40.5 Å². The third-order valence-electron chi connectivity index (χ3n) is 3.10. The SMILES string of the molecule is CCCNC(CC)C(C)Oc1cccc(OCC)c1.